The molecule has 1 aliphatic heterocycles. The molecule has 2 rings (SSSR count). The highest BCUT2D eigenvalue weighted by atomic mass is 127. The molecule has 26 heavy (non-hydrogen) atoms. The number of guanidine groups is 1. The highest BCUT2D eigenvalue weighted by molar-refractivity contribution is 14.0. The van der Waals surface area contributed by atoms with E-state index in [1.165, 1.54) is 49.3 Å². The normalized spacial score (nSPS) is 15.6. The van der Waals surface area contributed by atoms with E-state index in [-0.39, 0.29) is 24.0 Å². The molecule has 0 atom stereocenters. The van der Waals surface area contributed by atoms with E-state index < -0.39 is 0 Å². The molecule has 0 radical (unpaired) electrons. The summed E-state index contributed by atoms with van der Waals surface area (Å²) < 4.78 is 2.01. The van der Waals surface area contributed by atoms with Gasteiger partial charge in [-0.2, -0.15) is 5.10 Å². The van der Waals surface area contributed by atoms with E-state index in [1.807, 2.05) is 11.7 Å². The fourth-order valence-electron chi connectivity index (χ4n) is 3.59. The molecule has 2 heterocycles. The van der Waals surface area contributed by atoms with Crippen molar-refractivity contribution in [3.8, 4) is 0 Å². The van der Waals surface area contributed by atoms with E-state index in [1.54, 1.807) is 0 Å². The zero-order chi connectivity index (χ0) is 18.1. The first kappa shape index (κ1) is 23.2. The number of piperidine rings is 1. The van der Waals surface area contributed by atoms with Crippen molar-refractivity contribution in [3.63, 3.8) is 0 Å². The van der Waals surface area contributed by atoms with Crippen molar-refractivity contribution in [1.82, 2.24) is 25.3 Å². The van der Waals surface area contributed by atoms with Gasteiger partial charge in [0.1, 0.15) is 0 Å². The van der Waals surface area contributed by atoms with Gasteiger partial charge in [-0.15, -0.1) is 24.0 Å². The smallest absolute Gasteiger partial charge is 0.191 e. The van der Waals surface area contributed by atoms with E-state index in [2.05, 4.69) is 41.4 Å². The number of nitrogens with zero attached hydrogens (tertiary/aromatic N) is 4. The average molecular weight is 476 g/mol. The Bertz CT molecular complexity index is 548. The lowest BCUT2D eigenvalue weighted by molar-refractivity contribution is 0.232. The number of aryl methyl sites for hydroxylation is 2. The number of halogens is 1. The van der Waals surface area contributed by atoms with Gasteiger partial charge in [-0.1, -0.05) is 20.3 Å². The predicted octanol–water partition coefficient (Wildman–Crippen LogP) is 2.70. The molecule has 0 amide bonds. The number of aromatic nitrogens is 2. The van der Waals surface area contributed by atoms with Crippen LogP contribution in [0.3, 0.4) is 0 Å². The third kappa shape index (κ3) is 6.72. The number of likely N-dealkylation sites (tertiary alicyclic amines) is 1. The summed E-state index contributed by atoms with van der Waals surface area (Å²) in [5, 5.41) is 11.5. The lowest BCUT2D eigenvalue weighted by atomic mass is 10.1. The van der Waals surface area contributed by atoms with Crippen molar-refractivity contribution in [2.24, 2.45) is 12.0 Å². The minimum atomic E-state index is 0. The Labute approximate surface area is 176 Å². The second-order valence-electron chi connectivity index (χ2n) is 6.73. The molecule has 1 aliphatic rings. The van der Waals surface area contributed by atoms with Crippen LogP contribution in [0.15, 0.2) is 4.99 Å². The van der Waals surface area contributed by atoms with Gasteiger partial charge in [-0.3, -0.25) is 4.68 Å². The van der Waals surface area contributed by atoms with E-state index in [4.69, 9.17) is 4.99 Å². The molecule has 0 aliphatic carbocycles. The molecule has 0 unspecified atom stereocenters. The van der Waals surface area contributed by atoms with E-state index >= 15 is 0 Å². The Kier molecular flexibility index (Phi) is 11.2. The number of rotatable bonds is 8. The number of hydrogen-bond donors (Lipinski definition) is 2. The number of nitrogens with one attached hydrogen (secondary N) is 2. The average Bonchev–Trinajstić information content (AvgIpc) is 2.95. The van der Waals surface area contributed by atoms with Crippen LogP contribution in [0.5, 0.6) is 0 Å². The zero-order valence-electron chi connectivity index (χ0n) is 17.0. The highest BCUT2D eigenvalue weighted by Crippen LogP contribution is 2.16. The van der Waals surface area contributed by atoms with Gasteiger partial charge in [0.05, 0.1) is 12.2 Å². The van der Waals surface area contributed by atoms with Crippen LogP contribution >= 0.6 is 24.0 Å². The molecule has 7 heteroatoms. The molecule has 0 spiro atoms. The van der Waals surface area contributed by atoms with Crippen LogP contribution in [0.1, 0.15) is 57.0 Å². The maximum absolute atomic E-state index is 4.82. The van der Waals surface area contributed by atoms with Crippen LogP contribution in [-0.4, -0.2) is 53.4 Å². The van der Waals surface area contributed by atoms with Crippen LogP contribution < -0.4 is 10.6 Å². The van der Waals surface area contributed by atoms with Crippen LogP contribution in [0.4, 0.5) is 0 Å². The van der Waals surface area contributed by atoms with E-state index in [0.29, 0.717) is 6.54 Å². The Morgan fingerprint density at radius 1 is 1.08 bits per heavy atom. The maximum Gasteiger partial charge on any atom is 0.191 e. The second kappa shape index (κ2) is 12.5. The van der Waals surface area contributed by atoms with Gasteiger partial charge in [-0.05, 0) is 45.7 Å². The molecule has 1 aromatic rings. The van der Waals surface area contributed by atoms with Crippen molar-refractivity contribution in [2.45, 2.75) is 59.4 Å². The molecule has 150 valence electrons. The standard InChI is InChI=1S/C19H36N6.HI/c1-5-17-16(18(6-2)24(4)23-17)15-22-19(20-7-3)21-11-14-25-12-9-8-10-13-25;/h5-15H2,1-4H3,(H2,20,21,22);1H. The van der Waals surface area contributed by atoms with Crippen LogP contribution in [0.2, 0.25) is 0 Å². The van der Waals surface area contributed by atoms with Crippen molar-refractivity contribution in [1.29, 1.82) is 0 Å². The first-order valence-corrected chi connectivity index (χ1v) is 9.97. The van der Waals surface area contributed by atoms with Gasteiger partial charge in [0.25, 0.3) is 0 Å². The molecule has 0 bridgehead atoms. The first-order valence-electron chi connectivity index (χ1n) is 9.97. The van der Waals surface area contributed by atoms with Crippen LogP contribution in [-0.2, 0) is 26.4 Å². The molecule has 0 saturated carbocycles. The molecule has 1 aromatic heterocycles. The van der Waals surface area contributed by atoms with Gasteiger partial charge >= 0.3 is 0 Å². The predicted molar refractivity (Wildman–Crippen MR) is 120 cm³/mol. The molecule has 2 N–H and O–H groups in total. The summed E-state index contributed by atoms with van der Waals surface area (Å²) in [4.78, 5) is 7.37. The second-order valence-corrected chi connectivity index (χ2v) is 6.73. The summed E-state index contributed by atoms with van der Waals surface area (Å²) >= 11 is 0. The molecular formula is C19H37IN6. The van der Waals surface area contributed by atoms with Crippen molar-refractivity contribution in [3.05, 3.63) is 17.0 Å². The van der Waals surface area contributed by atoms with Gasteiger partial charge in [0.15, 0.2) is 5.96 Å². The lowest BCUT2D eigenvalue weighted by Crippen LogP contribution is -2.42. The van der Waals surface area contributed by atoms with Gasteiger partial charge in [0, 0.05) is 37.9 Å². The third-order valence-corrected chi connectivity index (χ3v) is 4.94. The summed E-state index contributed by atoms with van der Waals surface area (Å²) in [5.74, 6) is 0.910. The molecular weight excluding hydrogens is 439 g/mol. The van der Waals surface area contributed by atoms with Gasteiger partial charge in [-0.25, -0.2) is 4.99 Å². The fourth-order valence-corrected chi connectivity index (χ4v) is 3.59. The van der Waals surface area contributed by atoms with E-state index in [0.717, 1.165) is 38.4 Å². The lowest BCUT2D eigenvalue weighted by Gasteiger charge is -2.26. The quantitative estimate of drug-likeness (QED) is 0.344. The van der Waals surface area contributed by atoms with Crippen molar-refractivity contribution in [2.75, 3.05) is 32.7 Å². The first-order chi connectivity index (χ1) is 12.2. The monoisotopic (exact) mass is 476 g/mol. The Hall–Kier alpha value is -0.830. The molecule has 1 saturated heterocycles. The van der Waals surface area contributed by atoms with Crippen LogP contribution in [0, 0.1) is 0 Å². The zero-order valence-corrected chi connectivity index (χ0v) is 19.3. The fraction of sp³-hybridized carbons (Fsp3) is 0.789. The Balaban J connectivity index is 0.00000338. The number of hydrogen-bond acceptors (Lipinski definition) is 3. The maximum atomic E-state index is 4.82. The summed E-state index contributed by atoms with van der Waals surface area (Å²) in [6.07, 6.45) is 6.02. The summed E-state index contributed by atoms with van der Waals surface area (Å²) in [6, 6.07) is 0. The molecule has 1 fully saturated rings. The van der Waals surface area contributed by atoms with Crippen molar-refractivity contribution < 1.29 is 0 Å². The Morgan fingerprint density at radius 2 is 1.81 bits per heavy atom. The summed E-state index contributed by atoms with van der Waals surface area (Å²) in [5.41, 5.74) is 3.76. The highest BCUT2D eigenvalue weighted by Gasteiger charge is 2.13. The Morgan fingerprint density at radius 3 is 2.42 bits per heavy atom. The van der Waals surface area contributed by atoms with Crippen molar-refractivity contribution >= 4 is 29.9 Å². The minimum absolute atomic E-state index is 0. The number of aliphatic imine (C=N–C) groups is 1. The van der Waals surface area contributed by atoms with Gasteiger partial charge in [0.2, 0.25) is 0 Å². The minimum Gasteiger partial charge on any atom is -0.357 e. The van der Waals surface area contributed by atoms with E-state index in [9.17, 15) is 0 Å². The molecule has 6 nitrogen and oxygen atoms in total. The summed E-state index contributed by atoms with van der Waals surface area (Å²) in [6.45, 7) is 12.6. The molecule has 0 aromatic carbocycles. The topological polar surface area (TPSA) is 57.5 Å². The van der Waals surface area contributed by atoms with Gasteiger partial charge < -0.3 is 15.5 Å². The largest absolute Gasteiger partial charge is 0.357 e. The SMILES string of the molecule is CCNC(=NCc1c(CC)nn(C)c1CC)NCCN1CCCCC1.I. The third-order valence-electron chi connectivity index (χ3n) is 4.94. The van der Waals surface area contributed by atoms with Crippen LogP contribution in [0.25, 0.3) is 0 Å². The summed E-state index contributed by atoms with van der Waals surface area (Å²) in [7, 11) is 2.04.